The van der Waals surface area contributed by atoms with Crippen molar-refractivity contribution >= 4 is 16.8 Å². The van der Waals surface area contributed by atoms with Gasteiger partial charge in [0.05, 0.1) is 0 Å². The van der Waals surface area contributed by atoms with Crippen molar-refractivity contribution in [2.45, 2.75) is 25.9 Å². The largest absolute Gasteiger partial charge is 0.353 e. The number of hydrogen-bond acceptors (Lipinski definition) is 2. The van der Waals surface area contributed by atoms with Crippen LogP contribution in [0.25, 0.3) is 10.9 Å². The summed E-state index contributed by atoms with van der Waals surface area (Å²) in [5.41, 5.74) is 3.50. The Hall–Kier alpha value is -2.59. The van der Waals surface area contributed by atoms with Crippen molar-refractivity contribution in [2.75, 3.05) is 20.6 Å². The Kier molecular flexibility index (Phi) is 5.74. The molecule has 0 aliphatic heterocycles. The molecular formula is C22H27N3O. The summed E-state index contributed by atoms with van der Waals surface area (Å²) >= 11 is 0. The summed E-state index contributed by atoms with van der Waals surface area (Å²) in [5, 5.41) is 4.29. The molecule has 1 aromatic heterocycles. The lowest BCUT2D eigenvalue weighted by Gasteiger charge is -2.25. The lowest BCUT2D eigenvalue weighted by atomic mass is 10.1. The van der Waals surface area contributed by atoms with Gasteiger partial charge in [-0.3, -0.25) is 4.79 Å². The SMILES string of the molecule is Cc1cc2ccccc2n1CC(=O)NC[C@H](Cc1ccccc1)N(C)C. The highest BCUT2D eigenvalue weighted by Gasteiger charge is 2.15. The van der Waals surface area contributed by atoms with Crippen LogP contribution in [0.15, 0.2) is 60.7 Å². The Morgan fingerprint density at radius 2 is 1.77 bits per heavy atom. The Morgan fingerprint density at radius 3 is 2.50 bits per heavy atom. The standard InChI is InChI=1S/C22H27N3O/c1-17-13-19-11-7-8-12-21(19)25(17)16-22(26)23-15-20(24(2)3)14-18-9-5-4-6-10-18/h4-13,20H,14-16H2,1-3H3,(H,23,26)/t20-/m0/s1. The average Bonchev–Trinajstić information content (AvgIpc) is 2.95. The van der Waals surface area contributed by atoms with E-state index >= 15 is 0 Å². The highest BCUT2D eigenvalue weighted by Crippen LogP contribution is 2.18. The van der Waals surface area contributed by atoms with Crippen molar-refractivity contribution in [3.8, 4) is 0 Å². The summed E-state index contributed by atoms with van der Waals surface area (Å²) in [7, 11) is 4.12. The van der Waals surface area contributed by atoms with Crippen LogP contribution in [0.5, 0.6) is 0 Å². The fraction of sp³-hybridized carbons (Fsp3) is 0.318. The summed E-state index contributed by atoms with van der Waals surface area (Å²) in [6, 6.07) is 21.0. The highest BCUT2D eigenvalue weighted by molar-refractivity contribution is 5.84. The van der Waals surface area contributed by atoms with E-state index in [2.05, 4.69) is 71.3 Å². The number of rotatable bonds is 7. The number of aromatic nitrogens is 1. The molecule has 0 aliphatic carbocycles. The third-order valence-corrected chi connectivity index (χ3v) is 4.90. The van der Waals surface area contributed by atoms with E-state index in [0.29, 0.717) is 13.1 Å². The fourth-order valence-electron chi connectivity index (χ4n) is 3.31. The van der Waals surface area contributed by atoms with Gasteiger partial charge < -0.3 is 14.8 Å². The van der Waals surface area contributed by atoms with E-state index in [-0.39, 0.29) is 11.9 Å². The molecule has 136 valence electrons. The second kappa shape index (κ2) is 8.19. The normalized spacial score (nSPS) is 12.5. The quantitative estimate of drug-likeness (QED) is 0.711. The molecule has 1 amide bonds. The number of carbonyl (C=O) groups is 1. The minimum absolute atomic E-state index is 0.0503. The molecule has 0 saturated heterocycles. The molecule has 3 rings (SSSR count). The summed E-state index contributed by atoms with van der Waals surface area (Å²) in [5.74, 6) is 0.0503. The number of likely N-dealkylation sites (N-methyl/N-ethyl adjacent to an activating group) is 1. The van der Waals surface area contributed by atoms with Crippen molar-refractivity contribution in [2.24, 2.45) is 0 Å². The van der Waals surface area contributed by atoms with Gasteiger partial charge in [-0.15, -0.1) is 0 Å². The van der Waals surface area contributed by atoms with Crippen LogP contribution in [0.3, 0.4) is 0 Å². The van der Waals surface area contributed by atoms with Gasteiger partial charge in [0.2, 0.25) is 5.91 Å². The first-order valence-electron chi connectivity index (χ1n) is 9.06. The second-order valence-electron chi connectivity index (χ2n) is 7.04. The van der Waals surface area contributed by atoms with Crippen LogP contribution in [0.2, 0.25) is 0 Å². The number of aryl methyl sites for hydroxylation is 1. The second-order valence-corrected chi connectivity index (χ2v) is 7.04. The molecule has 4 nitrogen and oxygen atoms in total. The summed E-state index contributed by atoms with van der Waals surface area (Å²) < 4.78 is 2.08. The molecule has 4 heteroatoms. The minimum Gasteiger partial charge on any atom is -0.353 e. The van der Waals surface area contributed by atoms with Crippen LogP contribution in [-0.4, -0.2) is 42.1 Å². The van der Waals surface area contributed by atoms with Crippen molar-refractivity contribution in [1.82, 2.24) is 14.8 Å². The minimum atomic E-state index is 0.0503. The van der Waals surface area contributed by atoms with Gasteiger partial charge in [-0.1, -0.05) is 48.5 Å². The first kappa shape index (κ1) is 18.2. The van der Waals surface area contributed by atoms with Crippen LogP contribution in [0, 0.1) is 6.92 Å². The lowest BCUT2D eigenvalue weighted by molar-refractivity contribution is -0.121. The van der Waals surface area contributed by atoms with Gasteiger partial charge in [0.15, 0.2) is 0 Å². The molecule has 26 heavy (non-hydrogen) atoms. The van der Waals surface area contributed by atoms with Crippen LogP contribution in [0.1, 0.15) is 11.3 Å². The maximum atomic E-state index is 12.5. The number of amides is 1. The van der Waals surface area contributed by atoms with E-state index in [1.807, 2.05) is 25.1 Å². The van der Waals surface area contributed by atoms with Gasteiger partial charge in [0.25, 0.3) is 0 Å². The van der Waals surface area contributed by atoms with E-state index < -0.39 is 0 Å². The number of benzene rings is 2. The molecular weight excluding hydrogens is 322 g/mol. The van der Waals surface area contributed by atoms with Crippen LogP contribution in [-0.2, 0) is 17.8 Å². The highest BCUT2D eigenvalue weighted by atomic mass is 16.1. The van der Waals surface area contributed by atoms with E-state index in [1.54, 1.807) is 0 Å². The molecule has 0 aliphatic rings. The smallest absolute Gasteiger partial charge is 0.240 e. The molecule has 0 fully saturated rings. The Labute approximate surface area is 155 Å². The fourth-order valence-corrected chi connectivity index (χ4v) is 3.31. The van der Waals surface area contributed by atoms with E-state index in [1.165, 1.54) is 10.9 Å². The molecule has 0 spiro atoms. The Morgan fingerprint density at radius 1 is 1.08 bits per heavy atom. The zero-order valence-corrected chi connectivity index (χ0v) is 15.8. The maximum Gasteiger partial charge on any atom is 0.240 e. The van der Waals surface area contributed by atoms with Crippen molar-refractivity contribution < 1.29 is 4.79 Å². The van der Waals surface area contributed by atoms with Gasteiger partial charge in [-0.2, -0.15) is 0 Å². The number of hydrogen-bond donors (Lipinski definition) is 1. The van der Waals surface area contributed by atoms with E-state index in [0.717, 1.165) is 17.6 Å². The van der Waals surface area contributed by atoms with Crippen molar-refractivity contribution in [3.63, 3.8) is 0 Å². The number of nitrogens with zero attached hydrogens (tertiary/aromatic N) is 2. The topological polar surface area (TPSA) is 37.3 Å². The zero-order chi connectivity index (χ0) is 18.5. The summed E-state index contributed by atoms with van der Waals surface area (Å²) in [6.45, 7) is 3.04. The monoisotopic (exact) mass is 349 g/mol. The molecule has 0 unspecified atom stereocenters. The van der Waals surface area contributed by atoms with Gasteiger partial charge in [-0.05, 0) is 50.5 Å². The van der Waals surface area contributed by atoms with Crippen molar-refractivity contribution in [1.29, 1.82) is 0 Å². The third kappa shape index (κ3) is 4.33. The van der Waals surface area contributed by atoms with Crippen molar-refractivity contribution in [3.05, 3.63) is 71.9 Å². The predicted octanol–water partition coefficient (Wildman–Crippen LogP) is 3.24. The number of fused-ring (bicyclic) bond motifs is 1. The van der Waals surface area contributed by atoms with Gasteiger partial charge in [0, 0.05) is 23.8 Å². The molecule has 1 atom stereocenters. The first-order valence-corrected chi connectivity index (χ1v) is 9.06. The molecule has 1 N–H and O–H groups in total. The first-order chi connectivity index (χ1) is 12.5. The van der Waals surface area contributed by atoms with Crippen LogP contribution < -0.4 is 5.32 Å². The Bertz CT molecular complexity index is 867. The summed E-state index contributed by atoms with van der Waals surface area (Å²) in [6.07, 6.45) is 0.916. The van der Waals surface area contributed by atoms with Gasteiger partial charge in [0.1, 0.15) is 6.54 Å². The lowest BCUT2D eigenvalue weighted by Crippen LogP contribution is -2.42. The molecule has 0 radical (unpaired) electrons. The van der Waals surface area contributed by atoms with Gasteiger partial charge in [-0.25, -0.2) is 0 Å². The molecule has 3 aromatic rings. The molecule has 0 saturated carbocycles. The third-order valence-electron chi connectivity index (χ3n) is 4.90. The molecule has 0 bridgehead atoms. The average molecular weight is 349 g/mol. The molecule has 1 heterocycles. The zero-order valence-electron chi connectivity index (χ0n) is 15.8. The maximum absolute atomic E-state index is 12.5. The van der Waals surface area contributed by atoms with E-state index in [9.17, 15) is 4.79 Å². The van der Waals surface area contributed by atoms with Crippen LogP contribution in [0.4, 0.5) is 0 Å². The van der Waals surface area contributed by atoms with E-state index in [4.69, 9.17) is 0 Å². The van der Waals surface area contributed by atoms with Gasteiger partial charge >= 0.3 is 0 Å². The number of carbonyl (C=O) groups excluding carboxylic acids is 1. The molecule has 2 aromatic carbocycles. The predicted molar refractivity (Wildman–Crippen MR) is 107 cm³/mol. The van der Waals surface area contributed by atoms with Crippen LogP contribution >= 0.6 is 0 Å². The summed E-state index contributed by atoms with van der Waals surface area (Å²) in [4.78, 5) is 14.7. The Balaban J connectivity index is 1.62. The number of nitrogens with one attached hydrogen (secondary N) is 1. The number of para-hydroxylation sites is 1.